The Kier molecular flexibility index (Phi) is 5.33. The van der Waals surface area contributed by atoms with Gasteiger partial charge in [-0.2, -0.15) is 0 Å². The van der Waals surface area contributed by atoms with Crippen molar-refractivity contribution < 1.29 is 14.7 Å². The van der Waals surface area contributed by atoms with Crippen molar-refractivity contribution in [3.05, 3.63) is 48.4 Å². The molecule has 0 radical (unpaired) electrons. The monoisotopic (exact) mass is 485 g/mol. The summed E-state index contributed by atoms with van der Waals surface area (Å²) in [6.07, 6.45) is 5.69. The van der Waals surface area contributed by atoms with E-state index in [1.807, 2.05) is 41.6 Å². The molecule has 36 heavy (non-hydrogen) atoms. The van der Waals surface area contributed by atoms with E-state index in [1.165, 1.54) is 6.92 Å². The van der Waals surface area contributed by atoms with Gasteiger partial charge in [0.15, 0.2) is 0 Å². The molecule has 6 heterocycles. The van der Waals surface area contributed by atoms with Gasteiger partial charge < -0.3 is 19.9 Å². The molecular weight excluding hydrogens is 458 g/mol. The fraction of sp³-hybridized carbons (Fsp3) is 0.346. The highest BCUT2D eigenvalue weighted by atomic mass is 16.3. The first-order valence-corrected chi connectivity index (χ1v) is 12.1. The number of hydrogen-bond donors (Lipinski definition) is 2. The average molecular weight is 486 g/mol. The Hall–Kier alpha value is -4.05. The number of rotatable bonds is 3. The zero-order valence-corrected chi connectivity index (χ0v) is 20.2. The molecule has 3 amide bonds. The fourth-order valence-electron chi connectivity index (χ4n) is 5.34. The number of piperidine rings is 1. The number of H-pyrrole nitrogens is 1. The molecule has 1 unspecified atom stereocenters. The number of nitrogens with one attached hydrogen (secondary N) is 1. The largest absolute Gasteiger partial charge is 0.384 e. The second-order valence-corrected chi connectivity index (χ2v) is 9.54. The van der Waals surface area contributed by atoms with E-state index in [-0.39, 0.29) is 18.0 Å². The smallest absolute Gasteiger partial charge is 0.324 e. The number of amides is 3. The molecule has 6 rings (SSSR count). The molecule has 2 N–H and O–H groups in total. The van der Waals surface area contributed by atoms with Gasteiger partial charge in [-0.15, -0.1) is 0 Å². The zero-order chi connectivity index (χ0) is 25.0. The van der Waals surface area contributed by atoms with Crippen LogP contribution in [0.3, 0.4) is 0 Å². The van der Waals surface area contributed by atoms with E-state index >= 15 is 0 Å². The van der Waals surface area contributed by atoms with E-state index in [2.05, 4.69) is 15.0 Å². The lowest BCUT2D eigenvalue weighted by atomic mass is 9.99. The van der Waals surface area contributed by atoms with Crippen LogP contribution < -0.4 is 4.90 Å². The molecule has 1 fully saturated rings. The molecule has 10 heteroatoms. The molecule has 0 aliphatic carbocycles. The number of hydrogen-bond acceptors (Lipinski definition) is 6. The summed E-state index contributed by atoms with van der Waals surface area (Å²) in [5, 5.41) is 10.7. The van der Waals surface area contributed by atoms with Crippen LogP contribution in [0.15, 0.2) is 42.9 Å². The van der Waals surface area contributed by atoms with Gasteiger partial charge in [-0.1, -0.05) is 0 Å². The van der Waals surface area contributed by atoms with E-state index in [9.17, 15) is 14.7 Å². The topological polar surface area (TPSA) is 119 Å². The molecule has 4 aromatic heterocycles. The van der Waals surface area contributed by atoms with Gasteiger partial charge in [0.25, 0.3) is 5.91 Å². The minimum Gasteiger partial charge on any atom is -0.384 e. The van der Waals surface area contributed by atoms with Crippen molar-refractivity contribution in [3.8, 4) is 11.3 Å². The van der Waals surface area contributed by atoms with Gasteiger partial charge in [-0.05, 0) is 44.0 Å². The number of carbonyl (C=O) groups excluding carboxylic acids is 2. The van der Waals surface area contributed by atoms with Crippen LogP contribution in [-0.4, -0.2) is 79.1 Å². The Labute approximate surface area is 207 Å². The molecule has 10 nitrogen and oxygen atoms in total. The quantitative estimate of drug-likeness (QED) is 0.461. The van der Waals surface area contributed by atoms with Gasteiger partial charge >= 0.3 is 6.03 Å². The Morgan fingerprint density at radius 2 is 2.00 bits per heavy atom. The van der Waals surface area contributed by atoms with Gasteiger partial charge in [-0.3, -0.25) is 14.7 Å². The van der Waals surface area contributed by atoms with Gasteiger partial charge in [0.1, 0.15) is 17.3 Å². The number of aromatic amines is 1. The molecule has 0 aromatic carbocycles. The van der Waals surface area contributed by atoms with Crippen LogP contribution >= 0.6 is 0 Å². The predicted octanol–water partition coefficient (Wildman–Crippen LogP) is 2.92. The molecular formula is C26H27N7O3. The van der Waals surface area contributed by atoms with Gasteiger partial charge in [0.2, 0.25) is 0 Å². The summed E-state index contributed by atoms with van der Waals surface area (Å²) in [5.74, 6) is -0.273. The molecule has 4 aromatic rings. The maximum absolute atomic E-state index is 13.5. The number of pyridine rings is 3. The zero-order valence-electron chi connectivity index (χ0n) is 20.2. The summed E-state index contributed by atoms with van der Waals surface area (Å²) in [6, 6.07) is 7.61. The lowest BCUT2D eigenvalue weighted by Gasteiger charge is -2.43. The number of fused-ring (bicyclic) bond motifs is 4. The van der Waals surface area contributed by atoms with E-state index in [4.69, 9.17) is 4.98 Å². The van der Waals surface area contributed by atoms with Crippen LogP contribution in [0.1, 0.15) is 25.3 Å². The summed E-state index contributed by atoms with van der Waals surface area (Å²) in [7, 11) is 1.79. The van der Waals surface area contributed by atoms with Crippen molar-refractivity contribution in [1.82, 2.24) is 29.7 Å². The van der Waals surface area contributed by atoms with Crippen LogP contribution in [0, 0.1) is 0 Å². The first-order chi connectivity index (χ1) is 17.4. The standard InChI is InChI=1S/C26H27N7O3/c1-15(34)25(35)32-10-7-17(8-11-32)33-23-16(14-31(2)26(33)36)12-28-21-6-5-20(30-22(21)23)19-13-29-24-18(19)4-3-9-27-24/h3-6,9,12-13,15,17,34H,7-8,10-11,14H2,1-2H3,(H,27,29). The second-order valence-electron chi connectivity index (χ2n) is 9.54. The van der Waals surface area contributed by atoms with Crippen molar-refractivity contribution in [2.24, 2.45) is 0 Å². The first-order valence-electron chi connectivity index (χ1n) is 12.1. The average Bonchev–Trinajstić information content (AvgIpc) is 3.33. The summed E-state index contributed by atoms with van der Waals surface area (Å²) < 4.78 is 0. The van der Waals surface area contributed by atoms with Crippen LogP contribution in [0.2, 0.25) is 0 Å². The summed E-state index contributed by atoms with van der Waals surface area (Å²) in [4.78, 5) is 48.3. The van der Waals surface area contributed by atoms with Crippen LogP contribution in [0.5, 0.6) is 0 Å². The van der Waals surface area contributed by atoms with Crippen LogP contribution in [0.25, 0.3) is 33.3 Å². The number of aliphatic hydroxyl groups is 1. The number of nitrogens with zero attached hydrogens (tertiary/aromatic N) is 6. The minimum atomic E-state index is -1.03. The summed E-state index contributed by atoms with van der Waals surface area (Å²) in [5.41, 5.74) is 5.65. The summed E-state index contributed by atoms with van der Waals surface area (Å²) in [6.45, 7) is 2.92. The Morgan fingerprint density at radius 1 is 1.19 bits per heavy atom. The van der Waals surface area contributed by atoms with Crippen molar-refractivity contribution >= 4 is 39.7 Å². The van der Waals surface area contributed by atoms with E-state index in [0.717, 1.165) is 39.1 Å². The van der Waals surface area contributed by atoms with Crippen molar-refractivity contribution in [2.75, 3.05) is 25.0 Å². The van der Waals surface area contributed by atoms with Gasteiger partial charge in [0, 0.05) is 61.3 Å². The Balaban J connectivity index is 1.43. The van der Waals surface area contributed by atoms with Crippen LogP contribution in [0.4, 0.5) is 10.5 Å². The Morgan fingerprint density at radius 3 is 2.78 bits per heavy atom. The second kappa shape index (κ2) is 8.56. The number of aliphatic hydroxyl groups excluding tert-OH is 1. The molecule has 0 saturated carbocycles. The fourth-order valence-corrected chi connectivity index (χ4v) is 5.34. The molecule has 2 aliphatic rings. The van der Waals surface area contributed by atoms with E-state index in [1.54, 1.807) is 23.0 Å². The van der Waals surface area contributed by atoms with Crippen molar-refractivity contribution in [2.45, 2.75) is 38.5 Å². The third-order valence-electron chi connectivity index (χ3n) is 7.17. The predicted molar refractivity (Wildman–Crippen MR) is 135 cm³/mol. The van der Waals surface area contributed by atoms with Crippen molar-refractivity contribution in [1.29, 1.82) is 0 Å². The molecule has 1 saturated heterocycles. The van der Waals surface area contributed by atoms with Gasteiger partial charge in [-0.25, -0.2) is 14.8 Å². The third-order valence-corrected chi connectivity index (χ3v) is 7.17. The Bertz CT molecular complexity index is 1490. The van der Waals surface area contributed by atoms with E-state index in [0.29, 0.717) is 38.0 Å². The number of aromatic nitrogens is 4. The first kappa shape index (κ1) is 22.4. The number of anilines is 1. The third kappa shape index (κ3) is 3.56. The number of urea groups is 1. The normalized spacial score (nSPS) is 17.6. The number of likely N-dealkylation sites (tertiary alicyclic amines) is 1. The molecule has 0 spiro atoms. The molecule has 184 valence electrons. The highest BCUT2D eigenvalue weighted by Crippen LogP contribution is 2.38. The number of carbonyl (C=O) groups is 2. The van der Waals surface area contributed by atoms with Gasteiger partial charge in [0.05, 0.1) is 23.4 Å². The highest BCUT2D eigenvalue weighted by molar-refractivity contribution is 6.04. The molecule has 1 atom stereocenters. The highest BCUT2D eigenvalue weighted by Gasteiger charge is 2.38. The minimum absolute atomic E-state index is 0.0844. The summed E-state index contributed by atoms with van der Waals surface area (Å²) >= 11 is 0. The lowest BCUT2D eigenvalue weighted by molar-refractivity contribution is -0.140. The van der Waals surface area contributed by atoms with Crippen molar-refractivity contribution in [3.63, 3.8) is 0 Å². The maximum Gasteiger partial charge on any atom is 0.324 e. The van der Waals surface area contributed by atoms with Crippen LogP contribution in [-0.2, 0) is 11.3 Å². The van der Waals surface area contributed by atoms with E-state index < -0.39 is 6.10 Å². The maximum atomic E-state index is 13.5. The molecule has 2 aliphatic heterocycles. The lowest BCUT2D eigenvalue weighted by Crippen LogP contribution is -2.55. The SMILES string of the molecule is CC(O)C(=O)N1CCC(N2C(=O)N(C)Cc3cnc4ccc(-c5c[nH]c6ncccc56)nc4c32)CC1. The molecule has 0 bridgehead atoms.